The second-order valence-corrected chi connectivity index (χ2v) is 2.34. The first-order chi connectivity index (χ1) is 4.30. The molecular weight excluding hydrogens is 110 g/mol. The lowest BCUT2D eigenvalue weighted by molar-refractivity contribution is 0.857. The zero-order chi connectivity index (χ0) is 6.69. The van der Waals surface area contributed by atoms with Crippen molar-refractivity contribution < 1.29 is 0 Å². The van der Waals surface area contributed by atoms with Gasteiger partial charge in [0.2, 0.25) is 0 Å². The third-order valence-electron chi connectivity index (χ3n) is 1.54. The van der Waals surface area contributed by atoms with E-state index in [1.807, 2.05) is 19.1 Å². The van der Waals surface area contributed by atoms with Crippen molar-refractivity contribution in [3.63, 3.8) is 0 Å². The van der Waals surface area contributed by atoms with Crippen LogP contribution in [0.1, 0.15) is 13.3 Å². The Bertz CT molecular complexity index is 165. The Labute approximate surface area is 55.6 Å². The van der Waals surface area contributed by atoms with Gasteiger partial charge in [0.1, 0.15) is 0 Å². The van der Waals surface area contributed by atoms with Gasteiger partial charge in [0.05, 0.1) is 0 Å². The summed E-state index contributed by atoms with van der Waals surface area (Å²) in [7, 11) is 0. The molecule has 1 heteroatoms. The van der Waals surface area contributed by atoms with Gasteiger partial charge in [-0.1, -0.05) is 24.3 Å². The maximum atomic E-state index is 7.30. The van der Waals surface area contributed by atoms with Crippen LogP contribution in [-0.2, 0) is 0 Å². The fourth-order valence-corrected chi connectivity index (χ4v) is 0.902. The third-order valence-corrected chi connectivity index (χ3v) is 1.54. The first-order valence-electron chi connectivity index (χ1n) is 3.19. The SMILES string of the molecule is CC(=N)C1C=CC=CC1. The molecule has 1 aliphatic carbocycles. The van der Waals surface area contributed by atoms with Gasteiger partial charge in [-0.3, -0.25) is 0 Å². The Kier molecular flexibility index (Phi) is 1.83. The fraction of sp³-hybridized carbons (Fsp3) is 0.375. The lowest BCUT2D eigenvalue weighted by atomic mass is 9.97. The molecule has 1 nitrogen and oxygen atoms in total. The van der Waals surface area contributed by atoms with Crippen LogP contribution in [0, 0.1) is 11.3 Å². The van der Waals surface area contributed by atoms with Gasteiger partial charge < -0.3 is 5.41 Å². The Morgan fingerprint density at radius 3 is 2.67 bits per heavy atom. The van der Waals surface area contributed by atoms with Gasteiger partial charge in [0.15, 0.2) is 0 Å². The number of rotatable bonds is 1. The van der Waals surface area contributed by atoms with Crippen molar-refractivity contribution >= 4 is 5.71 Å². The first kappa shape index (κ1) is 6.27. The van der Waals surface area contributed by atoms with Gasteiger partial charge >= 0.3 is 0 Å². The summed E-state index contributed by atoms with van der Waals surface area (Å²) in [6, 6.07) is 0. The lowest BCUT2D eigenvalue weighted by Gasteiger charge is -2.09. The molecule has 0 aliphatic heterocycles. The van der Waals surface area contributed by atoms with E-state index in [0.717, 1.165) is 12.1 Å². The second kappa shape index (κ2) is 2.62. The van der Waals surface area contributed by atoms with E-state index in [9.17, 15) is 0 Å². The summed E-state index contributed by atoms with van der Waals surface area (Å²) in [6.07, 6.45) is 9.21. The highest BCUT2D eigenvalue weighted by Gasteiger charge is 2.05. The van der Waals surface area contributed by atoms with Crippen LogP contribution in [0.25, 0.3) is 0 Å². The first-order valence-corrected chi connectivity index (χ1v) is 3.19. The minimum atomic E-state index is 0.370. The highest BCUT2D eigenvalue weighted by atomic mass is 14.4. The third kappa shape index (κ3) is 1.53. The molecule has 1 aliphatic rings. The summed E-state index contributed by atoms with van der Waals surface area (Å²) in [5, 5.41) is 7.30. The van der Waals surface area contributed by atoms with Crippen molar-refractivity contribution in [1.82, 2.24) is 0 Å². The largest absolute Gasteiger partial charge is 0.309 e. The molecule has 0 radical (unpaired) electrons. The highest BCUT2D eigenvalue weighted by Crippen LogP contribution is 2.11. The Hall–Kier alpha value is -0.850. The molecule has 48 valence electrons. The van der Waals surface area contributed by atoms with E-state index < -0.39 is 0 Å². The average molecular weight is 121 g/mol. The van der Waals surface area contributed by atoms with Crippen molar-refractivity contribution in [2.24, 2.45) is 5.92 Å². The Morgan fingerprint density at radius 2 is 2.33 bits per heavy atom. The number of hydrogen-bond donors (Lipinski definition) is 1. The Balaban J connectivity index is 2.56. The molecule has 0 aromatic heterocycles. The molecule has 0 saturated carbocycles. The van der Waals surface area contributed by atoms with Gasteiger partial charge in [-0.15, -0.1) is 0 Å². The molecule has 1 rings (SSSR count). The van der Waals surface area contributed by atoms with Crippen LogP contribution >= 0.6 is 0 Å². The summed E-state index contributed by atoms with van der Waals surface area (Å²) in [5.41, 5.74) is 0.760. The van der Waals surface area contributed by atoms with Crippen LogP contribution in [0.4, 0.5) is 0 Å². The van der Waals surface area contributed by atoms with Crippen LogP contribution in [0.15, 0.2) is 24.3 Å². The molecule has 0 aromatic rings. The van der Waals surface area contributed by atoms with Gasteiger partial charge in [-0.2, -0.15) is 0 Å². The number of allylic oxidation sites excluding steroid dienone is 4. The van der Waals surface area contributed by atoms with Crippen molar-refractivity contribution in [3.8, 4) is 0 Å². The van der Waals surface area contributed by atoms with E-state index in [-0.39, 0.29) is 0 Å². The summed E-state index contributed by atoms with van der Waals surface area (Å²) in [4.78, 5) is 0. The van der Waals surface area contributed by atoms with Crippen molar-refractivity contribution in [3.05, 3.63) is 24.3 Å². The van der Waals surface area contributed by atoms with Crippen molar-refractivity contribution in [2.45, 2.75) is 13.3 Å². The molecule has 0 bridgehead atoms. The topological polar surface area (TPSA) is 23.9 Å². The van der Waals surface area contributed by atoms with E-state index in [1.54, 1.807) is 0 Å². The molecule has 0 aromatic carbocycles. The standard InChI is InChI=1S/C8H11N/c1-7(9)8-5-3-2-4-6-8/h2-5,8-9H,6H2,1H3. The minimum absolute atomic E-state index is 0.370. The van der Waals surface area contributed by atoms with Crippen LogP contribution in [0.5, 0.6) is 0 Å². The normalized spacial score (nSPS) is 24.3. The monoisotopic (exact) mass is 121 g/mol. The molecule has 9 heavy (non-hydrogen) atoms. The molecule has 0 spiro atoms. The summed E-state index contributed by atoms with van der Waals surface area (Å²) >= 11 is 0. The molecule has 0 amide bonds. The summed E-state index contributed by atoms with van der Waals surface area (Å²) in [5.74, 6) is 0.370. The van der Waals surface area contributed by atoms with Gasteiger partial charge in [0, 0.05) is 11.6 Å². The molecule has 0 heterocycles. The zero-order valence-corrected chi connectivity index (χ0v) is 5.59. The lowest BCUT2D eigenvalue weighted by Crippen LogP contribution is -2.06. The average Bonchev–Trinajstić information content (AvgIpc) is 1.90. The number of hydrogen-bond acceptors (Lipinski definition) is 1. The van der Waals surface area contributed by atoms with E-state index in [4.69, 9.17) is 5.41 Å². The van der Waals surface area contributed by atoms with E-state index >= 15 is 0 Å². The minimum Gasteiger partial charge on any atom is -0.309 e. The molecular formula is C8H11N. The smallest absolute Gasteiger partial charge is 0.0180 e. The molecule has 1 N–H and O–H groups in total. The van der Waals surface area contributed by atoms with Gasteiger partial charge in [-0.25, -0.2) is 0 Å². The molecule has 1 atom stereocenters. The predicted molar refractivity (Wildman–Crippen MR) is 39.8 cm³/mol. The maximum absolute atomic E-state index is 7.30. The van der Waals surface area contributed by atoms with E-state index in [2.05, 4.69) is 12.2 Å². The molecule has 0 fully saturated rings. The van der Waals surface area contributed by atoms with Crippen LogP contribution in [-0.4, -0.2) is 5.71 Å². The highest BCUT2D eigenvalue weighted by molar-refractivity contribution is 5.83. The number of nitrogens with one attached hydrogen (secondary N) is 1. The quantitative estimate of drug-likeness (QED) is 0.514. The molecule has 0 saturated heterocycles. The second-order valence-electron chi connectivity index (χ2n) is 2.34. The van der Waals surface area contributed by atoms with Crippen LogP contribution < -0.4 is 0 Å². The predicted octanol–water partition coefficient (Wildman–Crippen LogP) is 2.16. The zero-order valence-electron chi connectivity index (χ0n) is 5.59. The van der Waals surface area contributed by atoms with Crippen molar-refractivity contribution in [2.75, 3.05) is 0 Å². The van der Waals surface area contributed by atoms with Gasteiger partial charge in [-0.05, 0) is 13.3 Å². The summed E-state index contributed by atoms with van der Waals surface area (Å²) < 4.78 is 0. The van der Waals surface area contributed by atoms with E-state index in [1.165, 1.54) is 0 Å². The Morgan fingerprint density at radius 1 is 1.56 bits per heavy atom. The summed E-state index contributed by atoms with van der Waals surface area (Å²) in [6.45, 7) is 1.86. The maximum Gasteiger partial charge on any atom is 0.0180 e. The van der Waals surface area contributed by atoms with Crippen molar-refractivity contribution in [1.29, 1.82) is 5.41 Å². The van der Waals surface area contributed by atoms with Crippen LogP contribution in [0.3, 0.4) is 0 Å². The van der Waals surface area contributed by atoms with Gasteiger partial charge in [0.25, 0.3) is 0 Å². The van der Waals surface area contributed by atoms with E-state index in [0.29, 0.717) is 5.92 Å². The van der Waals surface area contributed by atoms with Crippen LogP contribution in [0.2, 0.25) is 0 Å². The molecule has 1 unspecified atom stereocenters. The fourth-order valence-electron chi connectivity index (χ4n) is 0.902.